The molecule has 4 aromatic rings. The van der Waals surface area contributed by atoms with Crippen molar-refractivity contribution in [3.05, 3.63) is 48.1 Å². The van der Waals surface area contributed by atoms with E-state index in [4.69, 9.17) is 4.42 Å². The number of alkyl halides is 3. The lowest BCUT2D eigenvalue weighted by molar-refractivity contribution is -0.158. The number of oxazole rings is 1. The minimum Gasteiger partial charge on any atom is -0.443 e. The molecule has 1 aliphatic carbocycles. The van der Waals surface area contributed by atoms with Crippen molar-refractivity contribution in [1.29, 1.82) is 0 Å². The largest absolute Gasteiger partial charge is 0.443 e. The van der Waals surface area contributed by atoms with Gasteiger partial charge in [-0.15, -0.1) is 0 Å². The van der Waals surface area contributed by atoms with Gasteiger partial charge in [-0.1, -0.05) is 0 Å². The van der Waals surface area contributed by atoms with Gasteiger partial charge in [0.15, 0.2) is 23.3 Å². The molecule has 1 N–H and O–H groups in total. The Bertz CT molecular complexity index is 1270. The van der Waals surface area contributed by atoms with Gasteiger partial charge in [0.05, 0.1) is 11.9 Å². The first kappa shape index (κ1) is 18.6. The molecule has 1 fully saturated rings. The summed E-state index contributed by atoms with van der Waals surface area (Å²) in [5.41, 5.74) is 3.62. The molecule has 30 heavy (non-hydrogen) atoms. The molecule has 0 aliphatic heterocycles. The van der Waals surface area contributed by atoms with Crippen molar-refractivity contribution in [1.82, 2.24) is 24.9 Å². The summed E-state index contributed by atoms with van der Waals surface area (Å²) in [6, 6.07) is 5.27. The quantitative estimate of drug-likeness (QED) is 0.546. The third-order valence-electron chi connectivity index (χ3n) is 5.24. The van der Waals surface area contributed by atoms with Gasteiger partial charge in [0.2, 0.25) is 0 Å². The zero-order chi connectivity index (χ0) is 21.0. The Morgan fingerprint density at radius 3 is 2.80 bits per heavy atom. The van der Waals surface area contributed by atoms with E-state index in [0.29, 0.717) is 35.3 Å². The summed E-state index contributed by atoms with van der Waals surface area (Å²) in [7, 11) is 0. The predicted molar refractivity (Wildman–Crippen MR) is 101 cm³/mol. The highest BCUT2D eigenvalue weighted by atomic mass is 19.4. The predicted octanol–water partition coefficient (Wildman–Crippen LogP) is 3.92. The van der Waals surface area contributed by atoms with Gasteiger partial charge in [0.1, 0.15) is 11.6 Å². The molecule has 0 unspecified atom stereocenters. The van der Waals surface area contributed by atoms with Gasteiger partial charge in [0, 0.05) is 5.56 Å². The molecule has 7 nitrogen and oxygen atoms in total. The van der Waals surface area contributed by atoms with Gasteiger partial charge >= 0.3 is 6.18 Å². The van der Waals surface area contributed by atoms with E-state index in [1.165, 1.54) is 17.1 Å². The number of benzene rings is 1. The molecule has 1 aromatic carbocycles. The zero-order valence-electron chi connectivity index (χ0n) is 15.8. The average molecular weight is 415 g/mol. The summed E-state index contributed by atoms with van der Waals surface area (Å²) in [5, 5.41) is 6.59. The standard InChI is InChI=1S/C20H16F3N5O2/c1-10-6-13(12-4-5-16-14(7-12)25-9-30-16)27-28-15(8-24-18(10)28)19(29)26-17(11-2-3-11)20(21,22)23/h4-9,11,17H,2-3H2,1H3,(H,26,29)/t17-/m0/s1. The lowest BCUT2D eigenvalue weighted by atomic mass is 10.1. The summed E-state index contributed by atoms with van der Waals surface area (Å²) in [4.78, 5) is 21.0. The van der Waals surface area contributed by atoms with E-state index in [0.717, 1.165) is 11.1 Å². The third kappa shape index (κ3) is 3.17. The van der Waals surface area contributed by atoms with E-state index in [9.17, 15) is 18.0 Å². The number of halogens is 3. The second kappa shape index (κ2) is 6.54. The van der Waals surface area contributed by atoms with Crippen LogP contribution in [0.25, 0.3) is 28.0 Å². The summed E-state index contributed by atoms with van der Waals surface area (Å²) in [6.45, 7) is 1.80. The fraction of sp³-hybridized carbons (Fsp3) is 0.300. The number of amides is 1. The molecule has 0 spiro atoms. The van der Waals surface area contributed by atoms with Crippen molar-refractivity contribution in [3.63, 3.8) is 0 Å². The smallest absolute Gasteiger partial charge is 0.408 e. The minimum atomic E-state index is -4.50. The van der Waals surface area contributed by atoms with Crippen LogP contribution in [0, 0.1) is 12.8 Å². The number of nitrogens with one attached hydrogen (secondary N) is 1. The van der Waals surface area contributed by atoms with Crippen LogP contribution < -0.4 is 5.32 Å². The van der Waals surface area contributed by atoms with Gasteiger partial charge < -0.3 is 9.73 Å². The van der Waals surface area contributed by atoms with Gasteiger partial charge in [0.25, 0.3) is 5.91 Å². The molecule has 154 valence electrons. The Labute approximate surface area is 167 Å². The zero-order valence-corrected chi connectivity index (χ0v) is 15.8. The highest BCUT2D eigenvalue weighted by molar-refractivity contribution is 5.93. The van der Waals surface area contributed by atoms with Crippen LogP contribution in [0.1, 0.15) is 28.9 Å². The molecule has 3 heterocycles. The minimum absolute atomic E-state index is 0.0487. The van der Waals surface area contributed by atoms with Crippen LogP contribution in [-0.2, 0) is 0 Å². The first-order chi connectivity index (χ1) is 14.3. The Hall–Kier alpha value is -3.43. The van der Waals surface area contributed by atoms with Crippen LogP contribution in [0.15, 0.2) is 41.3 Å². The van der Waals surface area contributed by atoms with Gasteiger partial charge in [-0.05, 0) is 55.5 Å². The van der Waals surface area contributed by atoms with Crippen LogP contribution in [0.3, 0.4) is 0 Å². The van der Waals surface area contributed by atoms with E-state index >= 15 is 0 Å². The van der Waals surface area contributed by atoms with Crippen molar-refractivity contribution in [2.45, 2.75) is 32.0 Å². The number of carbonyl (C=O) groups excluding carboxylic acids is 1. The monoisotopic (exact) mass is 415 g/mol. The summed E-state index contributed by atoms with van der Waals surface area (Å²) in [5.74, 6) is -1.43. The van der Waals surface area contributed by atoms with E-state index in [2.05, 4.69) is 20.4 Å². The van der Waals surface area contributed by atoms with Gasteiger partial charge in [-0.25, -0.2) is 14.5 Å². The first-order valence-corrected chi connectivity index (χ1v) is 9.38. The molecule has 5 rings (SSSR count). The second-order valence-corrected chi connectivity index (χ2v) is 7.46. The highest BCUT2D eigenvalue weighted by Gasteiger charge is 2.49. The maximum absolute atomic E-state index is 13.3. The topological polar surface area (TPSA) is 85.3 Å². The number of fused-ring (bicyclic) bond motifs is 2. The molecule has 0 saturated heterocycles. The normalized spacial score (nSPS) is 15.6. The molecule has 1 saturated carbocycles. The molecular weight excluding hydrogens is 399 g/mol. The highest BCUT2D eigenvalue weighted by Crippen LogP contribution is 2.40. The fourth-order valence-electron chi connectivity index (χ4n) is 3.55. The number of hydrogen-bond acceptors (Lipinski definition) is 5. The van der Waals surface area contributed by atoms with Crippen LogP contribution >= 0.6 is 0 Å². The molecule has 0 radical (unpaired) electrons. The molecular formula is C20H16F3N5O2. The van der Waals surface area contributed by atoms with Crippen molar-refractivity contribution < 1.29 is 22.4 Å². The van der Waals surface area contributed by atoms with Crippen LogP contribution in [0.4, 0.5) is 13.2 Å². The van der Waals surface area contributed by atoms with Gasteiger partial charge in [-0.2, -0.15) is 18.3 Å². The van der Waals surface area contributed by atoms with E-state index in [1.54, 1.807) is 31.2 Å². The lowest BCUT2D eigenvalue weighted by Crippen LogP contribution is -2.47. The van der Waals surface area contributed by atoms with Crippen molar-refractivity contribution in [2.75, 3.05) is 0 Å². The Balaban J connectivity index is 1.54. The van der Waals surface area contributed by atoms with Crippen LogP contribution in [0.5, 0.6) is 0 Å². The van der Waals surface area contributed by atoms with Crippen LogP contribution in [-0.4, -0.2) is 37.7 Å². The lowest BCUT2D eigenvalue weighted by Gasteiger charge is -2.21. The van der Waals surface area contributed by atoms with Crippen molar-refractivity contribution >= 4 is 22.7 Å². The number of hydrogen-bond donors (Lipinski definition) is 1. The molecule has 10 heteroatoms. The fourth-order valence-corrected chi connectivity index (χ4v) is 3.55. The second-order valence-electron chi connectivity index (χ2n) is 7.46. The molecule has 0 bridgehead atoms. The SMILES string of the molecule is Cc1cc(-c2ccc3ocnc3c2)nn2c(C(=O)N[C@@H](C3CC3)C(F)(F)F)cnc12. The number of nitrogens with zero attached hydrogens (tertiary/aromatic N) is 4. The van der Waals surface area contributed by atoms with E-state index < -0.39 is 24.0 Å². The Morgan fingerprint density at radius 2 is 2.07 bits per heavy atom. The van der Waals surface area contributed by atoms with E-state index in [1.807, 2.05) is 0 Å². The summed E-state index contributed by atoms with van der Waals surface area (Å²) >= 11 is 0. The average Bonchev–Trinajstić information content (AvgIpc) is 3.24. The van der Waals surface area contributed by atoms with Gasteiger partial charge in [-0.3, -0.25) is 4.79 Å². The number of rotatable bonds is 4. The number of aryl methyl sites for hydroxylation is 1. The molecule has 1 aliphatic rings. The first-order valence-electron chi connectivity index (χ1n) is 9.38. The van der Waals surface area contributed by atoms with E-state index in [-0.39, 0.29) is 5.69 Å². The third-order valence-corrected chi connectivity index (χ3v) is 5.24. The number of carbonyl (C=O) groups is 1. The van der Waals surface area contributed by atoms with Crippen molar-refractivity contribution in [3.8, 4) is 11.3 Å². The maximum atomic E-state index is 13.3. The molecule has 1 atom stereocenters. The molecule has 1 amide bonds. The maximum Gasteiger partial charge on any atom is 0.408 e. The summed E-state index contributed by atoms with van der Waals surface area (Å²) < 4.78 is 46.5. The number of imidazole rings is 1. The summed E-state index contributed by atoms with van der Waals surface area (Å²) in [6.07, 6.45) is -1.02. The Kier molecular flexibility index (Phi) is 4.05. The molecule has 3 aromatic heterocycles. The van der Waals surface area contributed by atoms with Crippen LogP contribution in [0.2, 0.25) is 0 Å². The number of aromatic nitrogens is 4. The van der Waals surface area contributed by atoms with Crippen molar-refractivity contribution in [2.24, 2.45) is 5.92 Å². The Morgan fingerprint density at radius 1 is 1.27 bits per heavy atom.